The molecule has 2 N–H and O–H groups in total. The first-order chi connectivity index (χ1) is 9.63. The minimum absolute atomic E-state index is 0.0920. The van der Waals surface area contributed by atoms with Crippen molar-refractivity contribution in [1.82, 2.24) is 0 Å². The molecular weight excluding hydrogens is 242 g/mol. The highest BCUT2D eigenvalue weighted by Gasteiger charge is 2.14. The van der Waals surface area contributed by atoms with E-state index in [9.17, 15) is 0 Å². The molecule has 1 unspecified atom stereocenters. The summed E-state index contributed by atoms with van der Waals surface area (Å²) in [7, 11) is 0. The van der Waals surface area contributed by atoms with Crippen molar-refractivity contribution in [2.45, 2.75) is 45.6 Å². The fourth-order valence-corrected chi connectivity index (χ4v) is 3.28. The van der Waals surface area contributed by atoms with Crippen LogP contribution in [0.15, 0.2) is 36.4 Å². The molecule has 1 aliphatic rings. The van der Waals surface area contributed by atoms with Crippen molar-refractivity contribution >= 4 is 0 Å². The van der Waals surface area contributed by atoms with Crippen LogP contribution in [0.5, 0.6) is 0 Å². The SMILES string of the molecule is Cc1ccc(C)c(C(N)Cc2ccc3c(c2)CCC3)c1. The summed E-state index contributed by atoms with van der Waals surface area (Å²) in [6.45, 7) is 4.28. The summed E-state index contributed by atoms with van der Waals surface area (Å²) in [4.78, 5) is 0. The van der Waals surface area contributed by atoms with Gasteiger partial charge in [-0.1, -0.05) is 42.0 Å². The number of hydrogen-bond acceptors (Lipinski definition) is 1. The average Bonchev–Trinajstić information content (AvgIpc) is 2.89. The Kier molecular flexibility index (Phi) is 3.62. The average molecular weight is 265 g/mol. The standard InChI is InChI=1S/C19H23N/c1-13-6-7-14(2)18(10-13)19(20)12-15-8-9-16-4-3-5-17(16)11-15/h6-11,19H,3-5,12,20H2,1-2H3. The molecule has 0 aromatic heterocycles. The molecule has 1 atom stereocenters. The highest BCUT2D eigenvalue weighted by Crippen LogP contribution is 2.26. The van der Waals surface area contributed by atoms with Crippen molar-refractivity contribution < 1.29 is 0 Å². The predicted octanol–water partition coefficient (Wildman–Crippen LogP) is 4.03. The molecule has 1 aliphatic carbocycles. The van der Waals surface area contributed by atoms with Gasteiger partial charge in [-0.05, 0) is 67.3 Å². The van der Waals surface area contributed by atoms with Gasteiger partial charge in [-0.25, -0.2) is 0 Å². The van der Waals surface area contributed by atoms with E-state index in [1.807, 2.05) is 0 Å². The van der Waals surface area contributed by atoms with Gasteiger partial charge in [-0.15, -0.1) is 0 Å². The maximum absolute atomic E-state index is 6.44. The largest absolute Gasteiger partial charge is 0.324 e. The van der Waals surface area contributed by atoms with E-state index in [2.05, 4.69) is 50.2 Å². The second-order valence-electron chi connectivity index (χ2n) is 6.13. The van der Waals surface area contributed by atoms with Gasteiger partial charge in [0, 0.05) is 6.04 Å². The Morgan fingerprint density at radius 1 is 1.00 bits per heavy atom. The second-order valence-corrected chi connectivity index (χ2v) is 6.13. The topological polar surface area (TPSA) is 26.0 Å². The molecule has 3 rings (SSSR count). The van der Waals surface area contributed by atoms with Crippen molar-refractivity contribution in [2.24, 2.45) is 5.73 Å². The summed E-state index contributed by atoms with van der Waals surface area (Å²) in [6.07, 6.45) is 4.72. The summed E-state index contributed by atoms with van der Waals surface area (Å²) >= 11 is 0. The van der Waals surface area contributed by atoms with E-state index in [1.165, 1.54) is 52.6 Å². The van der Waals surface area contributed by atoms with Gasteiger partial charge in [-0.2, -0.15) is 0 Å². The predicted molar refractivity (Wildman–Crippen MR) is 85.0 cm³/mol. The van der Waals surface area contributed by atoms with Crippen LogP contribution in [0.4, 0.5) is 0 Å². The molecule has 0 radical (unpaired) electrons. The summed E-state index contributed by atoms with van der Waals surface area (Å²) in [5.41, 5.74) is 14.8. The molecule has 0 aliphatic heterocycles. The lowest BCUT2D eigenvalue weighted by Crippen LogP contribution is -2.15. The minimum Gasteiger partial charge on any atom is -0.324 e. The monoisotopic (exact) mass is 265 g/mol. The molecule has 104 valence electrons. The smallest absolute Gasteiger partial charge is 0.0338 e. The van der Waals surface area contributed by atoms with Gasteiger partial charge in [0.15, 0.2) is 0 Å². The Morgan fingerprint density at radius 2 is 1.80 bits per heavy atom. The van der Waals surface area contributed by atoms with Gasteiger partial charge in [0.1, 0.15) is 0 Å². The summed E-state index contributed by atoms with van der Waals surface area (Å²) < 4.78 is 0. The van der Waals surface area contributed by atoms with E-state index in [4.69, 9.17) is 5.73 Å². The van der Waals surface area contributed by atoms with Crippen LogP contribution < -0.4 is 5.73 Å². The lowest BCUT2D eigenvalue weighted by atomic mass is 9.93. The molecule has 0 saturated carbocycles. The molecule has 0 saturated heterocycles. The molecule has 1 heteroatoms. The molecule has 0 heterocycles. The number of fused-ring (bicyclic) bond motifs is 1. The van der Waals surface area contributed by atoms with Crippen LogP contribution in [-0.4, -0.2) is 0 Å². The maximum Gasteiger partial charge on any atom is 0.0338 e. The summed E-state index contributed by atoms with van der Waals surface area (Å²) in [5, 5.41) is 0. The van der Waals surface area contributed by atoms with Crippen molar-refractivity contribution in [3.8, 4) is 0 Å². The molecule has 2 aromatic carbocycles. The second kappa shape index (κ2) is 5.41. The zero-order chi connectivity index (χ0) is 14.1. The first-order valence-electron chi connectivity index (χ1n) is 7.57. The number of benzene rings is 2. The third-order valence-electron chi connectivity index (χ3n) is 4.45. The van der Waals surface area contributed by atoms with Crippen LogP contribution in [0.1, 0.15) is 45.8 Å². The van der Waals surface area contributed by atoms with Crippen molar-refractivity contribution in [3.63, 3.8) is 0 Å². The third-order valence-corrected chi connectivity index (χ3v) is 4.45. The van der Waals surface area contributed by atoms with E-state index in [0.717, 1.165) is 6.42 Å². The Bertz CT molecular complexity index is 628. The quantitative estimate of drug-likeness (QED) is 0.890. The van der Waals surface area contributed by atoms with Crippen molar-refractivity contribution in [3.05, 3.63) is 69.8 Å². The van der Waals surface area contributed by atoms with E-state index in [1.54, 1.807) is 0 Å². The number of aryl methyl sites for hydroxylation is 4. The van der Waals surface area contributed by atoms with Gasteiger partial charge in [0.25, 0.3) is 0 Å². The molecule has 0 bridgehead atoms. The van der Waals surface area contributed by atoms with E-state index < -0.39 is 0 Å². The van der Waals surface area contributed by atoms with Crippen molar-refractivity contribution in [1.29, 1.82) is 0 Å². The van der Waals surface area contributed by atoms with Crippen molar-refractivity contribution in [2.75, 3.05) is 0 Å². The Labute approximate surface area is 121 Å². The molecule has 0 amide bonds. The first-order valence-corrected chi connectivity index (χ1v) is 7.57. The molecule has 0 spiro atoms. The Hall–Kier alpha value is -1.60. The number of rotatable bonds is 3. The van der Waals surface area contributed by atoms with E-state index >= 15 is 0 Å². The Morgan fingerprint density at radius 3 is 2.65 bits per heavy atom. The lowest BCUT2D eigenvalue weighted by Gasteiger charge is -2.16. The third kappa shape index (κ3) is 2.64. The Balaban J connectivity index is 1.82. The van der Waals surface area contributed by atoms with Gasteiger partial charge >= 0.3 is 0 Å². The molecule has 0 fully saturated rings. The first kappa shape index (κ1) is 13.4. The van der Waals surface area contributed by atoms with Crippen LogP contribution in [0.3, 0.4) is 0 Å². The fourth-order valence-electron chi connectivity index (χ4n) is 3.28. The molecule has 20 heavy (non-hydrogen) atoms. The minimum atomic E-state index is 0.0920. The summed E-state index contributed by atoms with van der Waals surface area (Å²) in [5.74, 6) is 0. The molecule has 2 aromatic rings. The van der Waals surface area contributed by atoms with Gasteiger partial charge < -0.3 is 5.73 Å². The van der Waals surface area contributed by atoms with Crippen LogP contribution in [0, 0.1) is 13.8 Å². The van der Waals surface area contributed by atoms with Gasteiger partial charge in [-0.3, -0.25) is 0 Å². The highest BCUT2D eigenvalue weighted by molar-refractivity contribution is 5.38. The maximum atomic E-state index is 6.44. The molecular formula is C19H23N. The van der Waals surface area contributed by atoms with E-state index in [0.29, 0.717) is 0 Å². The fraction of sp³-hybridized carbons (Fsp3) is 0.368. The van der Waals surface area contributed by atoms with Gasteiger partial charge in [0.05, 0.1) is 0 Å². The lowest BCUT2D eigenvalue weighted by molar-refractivity contribution is 0.715. The molecule has 1 nitrogen and oxygen atoms in total. The van der Waals surface area contributed by atoms with Crippen LogP contribution in [-0.2, 0) is 19.3 Å². The normalized spacial score (nSPS) is 15.2. The zero-order valence-electron chi connectivity index (χ0n) is 12.4. The number of hydrogen-bond donors (Lipinski definition) is 1. The van der Waals surface area contributed by atoms with Crippen LogP contribution in [0.2, 0.25) is 0 Å². The van der Waals surface area contributed by atoms with Gasteiger partial charge in [0.2, 0.25) is 0 Å². The highest BCUT2D eigenvalue weighted by atomic mass is 14.6. The summed E-state index contributed by atoms with van der Waals surface area (Å²) in [6, 6.07) is 13.6. The van der Waals surface area contributed by atoms with E-state index in [-0.39, 0.29) is 6.04 Å². The van der Waals surface area contributed by atoms with Crippen LogP contribution >= 0.6 is 0 Å². The number of nitrogens with two attached hydrogens (primary N) is 1. The zero-order valence-corrected chi connectivity index (χ0v) is 12.4. The van der Waals surface area contributed by atoms with Crippen LogP contribution in [0.25, 0.3) is 0 Å².